The van der Waals surface area contributed by atoms with Crippen molar-refractivity contribution in [2.24, 2.45) is 0 Å². The lowest BCUT2D eigenvalue weighted by atomic mass is 10.00. The topological polar surface area (TPSA) is 37.8 Å². The largest absolute Gasteiger partial charge is 0.309 e. The molecule has 0 aliphatic rings. The predicted octanol–water partition coefficient (Wildman–Crippen LogP) is 3.00. The molecule has 0 spiro atoms. The van der Waals surface area contributed by atoms with Crippen molar-refractivity contribution < 1.29 is 0 Å². The molecule has 2 heterocycles. The molecule has 0 radical (unpaired) electrons. The van der Waals surface area contributed by atoms with Gasteiger partial charge in [-0.3, -0.25) is 9.97 Å². The summed E-state index contributed by atoms with van der Waals surface area (Å²) in [6.07, 6.45) is 5.67. The Morgan fingerprint density at radius 2 is 2.11 bits per heavy atom. The minimum absolute atomic E-state index is 0.172. The van der Waals surface area contributed by atoms with Gasteiger partial charge in [0, 0.05) is 28.9 Å². The maximum absolute atomic E-state index is 4.23. The van der Waals surface area contributed by atoms with Crippen LogP contribution in [0.15, 0.2) is 48.4 Å². The van der Waals surface area contributed by atoms with Crippen LogP contribution >= 0.6 is 11.3 Å². The second-order valence-electron chi connectivity index (χ2n) is 4.07. The number of pyridine rings is 1. The van der Waals surface area contributed by atoms with Crippen molar-refractivity contribution in [2.45, 2.75) is 6.04 Å². The summed E-state index contributed by atoms with van der Waals surface area (Å²) in [5.74, 6) is 0. The minimum Gasteiger partial charge on any atom is -0.309 e. The molecule has 0 saturated heterocycles. The summed E-state index contributed by atoms with van der Waals surface area (Å²) in [6.45, 7) is 0. The third-order valence-electron chi connectivity index (χ3n) is 3.05. The molecule has 2 aromatic heterocycles. The van der Waals surface area contributed by atoms with Crippen LogP contribution in [0, 0.1) is 0 Å². The molecule has 0 fully saturated rings. The van der Waals surface area contributed by atoms with E-state index < -0.39 is 0 Å². The zero-order chi connectivity index (χ0) is 12.4. The third-order valence-corrected chi connectivity index (χ3v) is 3.89. The first-order chi connectivity index (χ1) is 8.90. The van der Waals surface area contributed by atoms with Crippen LogP contribution in [0.5, 0.6) is 0 Å². The first kappa shape index (κ1) is 11.3. The van der Waals surface area contributed by atoms with Crippen LogP contribution in [-0.4, -0.2) is 17.0 Å². The molecule has 0 aliphatic carbocycles. The highest BCUT2D eigenvalue weighted by molar-refractivity contribution is 7.09. The first-order valence-electron chi connectivity index (χ1n) is 5.78. The van der Waals surface area contributed by atoms with E-state index in [1.807, 2.05) is 37.2 Å². The molecule has 1 aromatic carbocycles. The summed E-state index contributed by atoms with van der Waals surface area (Å²) in [5, 5.41) is 5.76. The molecule has 0 amide bonds. The molecule has 0 bridgehead atoms. The lowest BCUT2D eigenvalue weighted by molar-refractivity contribution is 0.707. The fourth-order valence-electron chi connectivity index (χ4n) is 2.21. The molecule has 3 aromatic rings. The number of benzene rings is 1. The quantitative estimate of drug-likeness (QED) is 0.781. The van der Waals surface area contributed by atoms with Crippen LogP contribution in [0.4, 0.5) is 0 Å². The summed E-state index contributed by atoms with van der Waals surface area (Å²) in [7, 11) is 1.97. The highest BCUT2D eigenvalue weighted by Gasteiger charge is 2.15. The highest BCUT2D eigenvalue weighted by atomic mass is 32.1. The Morgan fingerprint density at radius 1 is 1.17 bits per heavy atom. The van der Waals surface area contributed by atoms with Crippen LogP contribution in [-0.2, 0) is 0 Å². The zero-order valence-electron chi connectivity index (χ0n) is 10.00. The predicted molar refractivity (Wildman–Crippen MR) is 74.8 cm³/mol. The van der Waals surface area contributed by atoms with Crippen molar-refractivity contribution in [1.29, 1.82) is 0 Å². The van der Waals surface area contributed by atoms with E-state index in [2.05, 4.69) is 33.5 Å². The molecule has 18 heavy (non-hydrogen) atoms. The molecule has 1 N–H and O–H groups in total. The average molecular weight is 255 g/mol. The molecule has 90 valence electrons. The fourth-order valence-corrected chi connectivity index (χ4v) is 2.95. The Kier molecular flexibility index (Phi) is 3.04. The Morgan fingerprint density at radius 3 is 2.89 bits per heavy atom. The Labute approximate surface area is 110 Å². The van der Waals surface area contributed by atoms with Crippen LogP contribution in [0.2, 0.25) is 0 Å². The van der Waals surface area contributed by atoms with E-state index in [1.54, 1.807) is 11.3 Å². The average Bonchev–Trinajstić information content (AvgIpc) is 2.94. The van der Waals surface area contributed by atoms with Gasteiger partial charge in [-0.05, 0) is 24.1 Å². The molecule has 4 heteroatoms. The molecule has 1 atom stereocenters. The Balaban J connectivity index is 2.18. The molecule has 0 saturated carbocycles. The van der Waals surface area contributed by atoms with Crippen LogP contribution in [0.1, 0.15) is 16.5 Å². The lowest BCUT2D eigenvalue weighted by Gasteiger charge is -2.16. The standard InChI is InChI=1S/C14H13N3S/c1-15-14(13-8-17-9-18-13)11-4-2-3-10-5-6-16-7-12(10)11/h2-9,14-15H,1H3. The molecule has 0 aliphatic heterocycles. The van der Waals surface area contributed by atoms with Gasteiger partial charge in [0.15, 0.2) is 0 Å². The van der Waals surface area contributed by atoms with Crippen LogP contribution in [0.3, 0.4) is 0 Å². The van der Waals surface area contributed by atoms with E-state index in [9.17, 15) is 0 Å². The van der Waals surface area contributed by atoms with Crippen molar-refractivity contribution in [2.75, 3.05) is 7.05 Å². The SMILES string of the molecule is CNC(c1cncs1)c1cccc2ccncc12. The summed E-state index contributed by atoms with van der Waals surface area (Å²) in [6, 6.07) is 8.55. The molecule has 3 rings (SSSR count). The van der Waals surface area contributed by atoms with Gasteiger partial charge in [-0.1, -0.05) is 18.2 Å². The van der Waals surface area contributed by atoms with E-state index in [1.165, 1.54) is 21.2 Å². The summed E-state index contributed by atoms with van der Waals surface area (Å²) in [5.41, 5.74) is 3.11. The van der Waals surface area contributed by atoms with Crippen molar-refractivity contribution in [3.63, 3.8) is 0 Å². The third kappa shape index (κ3) is 1.89. The van der Waals surface area contributed by atoms with Gasteiger partial charge in [0.25, 0.3) is 0 Å². The number of hydrogen-bond donors (Lipinski definition) is 1. The number of nitrogens with zero attached hydrogens (tertiary/aromatic N) is 2. The van der Waals surface area contributed by atoms with Gasteiger partial charge in [0.05, 0.1) is 11.6 Å². The van der Waals surface area contributed by atoms with Crippen molar-refractivity contribution in [3.05, 3.63) is 58.8 Å². The Hall–Kier alpha value is -1.78. The van der Waals surface area contributed by atoms with Gasteiger partial charge >= 0.3 is 0 Å². The van der Waals surface area contributed by atoms with E-state index in [0.717, 1.165) is 0 Å². The number of aromatic nitrogens is 2. The van der Waals surface area contributed by atoms with Gasteiger partial charge < -0.3 is 5.32 Å². The van der Waals surface area contributed by atoms with E-state index in [-0.39, 0.29) is 6.04 Å². The van der Waals surface area contributed by atoms with Gasteiger partial charge in [-0.15, -0.1) is 11.3 Å². The first-order valence-corrected chi connectivity index (χ1v) is 6.66. The zero-order valence-corrected chi connectivity index (χ0v) is 10.8. The van der Waals surface area contributed by atoms with Gasteiger partial charge in [-0.25, -0.2) is 0 Å². The molecular formula is C14H13N3S. The highest BCUT2D eigenvalue weighted by Crippen LogP contribution is 2.29. The normalized spacial score (nSPS) is 12.7. The second kappa shape index (κ2) is 4.84. The van der Waals surface area contributed by atoms with Crippen molar-refractivity contribution in [1.82, 2.24) is 15.3 Å². The second-order valence-corrected chi connectivity index (χ2v) is 4.99. The smallest absolute Gasteiger partial charge is 0.0794 e. The molecular weight excluding hydrogens is 242 g/mol. The Bertz CT molecular complexity index is 644. The maximum atomic E-state index is 4.23. The van der Waals surface area contributed by atoms with Crippen LogP contribution < -0.4 is 5.32 Å². The van der Waals surface area contributed by atoms with E-state index >= 15 is 0 Å². The maximum Gasteiger partial charge on any atom is 0.0794 e. The number of thiazole rings is 1. The minimum atomic E-state index is 0.172. The summed E-state index contributed by atoms with van der Waals surface area (Å²) < 4.78 is 0. The van der Waals surface area contributed by atoms with Gasteiger partial charge in [-0.2, -0.15) is 0 Å². The number of nitrogens with one attached hydrogen (secondary N) is 1. The van der Waals surface area contributed by atoms with Gasteiger partial charge in [0.2, 0.25) is 0 Å². The van der Waals surface area contributed by atoms with Gasteiger partial charge in [0.1, 0.15) is 0 Å². The number of fused-ring (bicyclic) bond motifs is 1. The lowest BCUT2D eigenvalue weighted by Crippen LogP contribution is -2.16. The summed E-state index contributed by atoms with van der Waals surface area (Å²) in [4.78, 5) is 9.61. The summed E-state index contributed by atoms with van der Waals surface area (Å²) >= 11 is 1.66. The number of hydrogen-bond acceptors (Lipinski definition) is 4. The molecule has 3 nitrogen and oxygen atoms in total. The molecule has 1 unspecified atom stereocenters. The van der Waals surface area contributed by atoms with Crippen LogP contribution in [0.25, 0.3) is 10.8 Å². The van der Waals surface area contributed by atoms with E-state index in [4.69, 9.17) is 0 Å². The van der Waals surface area contributed by atoms with Crippen molar-refractivity contribution >= 4 is 22.1 Å². The fraction of sp³-hybridized carbons (Fsp3) is 0.143. The van der Waals surface area contributed by atoms with Crippen molar-refractivity contribution in [3.8, 4) is 0 Å². The monoisotopic (exact) mass is 255 g/mol. The number of rotatable bonds is 3. The van der Waals surface area contributed by atoms with E-state index in [0.29, 0.717) is 0 Å².